The first-order chi connectivity index (χ1) is 16.2. The number of aromatic nitrogens is 2. The van der Waals surface area contributed by atoms with Crippen LogP contribution in [-0.2, 0) is 11.2 Å². The van der Waals surface area contributed by atoms with E-state index < -0.39 is 0 Å². The third-order valence-electron chi connectivity index (χ3n) is 6.28. The summed E-state index contributed by atoms with van der Waals surface area (Å²) in [5, 5.41) is 7.94. The summed E-state index contributed by atoms with van der Waals surface area (Å²) in [5.41, 5.74) is 3.82. The van der Waals surface area contributed by atoms with Gasteiger partial charge in [-0.25, -0.2) is 4.98 Å². The first-order valence-electron chi connectivity index (χ1n) is 11.8. The molecule has 178 valence electrons. The molecule has 0 unspecified atom stereocenters. The Kier molecular flexibility index (Phi) is 5.54. The van der Waals surface area contributed by atoms with Crippen LogP contribution in [-0.4, -0.2) is 35.6 Å². The monoisotopic (exact) mass is 462 g/mol. The van der Waals surface area contributed by atoms with Crippen molar-refractivity contribution in [2.75, 3.05) is 23.9 Å². The molecule has 2 amide bonds. The Bertz CT molecular complexity index is 1270. The lowest BCUT2D eigenvalue weighted by molar-refractivity contribution is -0.117. The maximum atomic E-state index is 13.5. The third kappa shape index (κ3) is 4.36. The average molecular weight is 463 g/mol. The molecule has 1 N–H and O–H groups in total. The van der Waals surface area contributed by atoms with Gasteiger partial charge in [0.1, 0.15) is 5.75 Å². The van der Waals surface area contributed by atoms with Gasteiger partial charge in [-0.2, -0.15) is 0 Å². The summed E-state index contributed by atoms with van der Waals surface area (Å²) in [6, 6.07) is 7.25. The highest BCUT2D eigenvalue weighted by molar-refractivity contribution is 6.12. The highest BCUT2D eigenvalue weighted by Crippen LogP contribution is 2.41. The number of benzene rings is 1. The van der Waals surface area contributed by atoms with Crippen LogP contribution in [0.5, 0.6) is 5.75 Å². The second kappa shape index (κ2) is 8.42. The average Bonchev–Trinajstić information content (AvgIpc) is 3.45. The predicted octanol–water partition coefficient (Wildman–Crippen LogP) is 5.08. The van der Waals surface area contributed by atoms with Crippen molar-refractivity contribution in [1.82, 2.24) is 10.1 Å². The molecule has 8 nitrogen and oxygen atoms in total. The fraction of sp³-hybridized carbons (Fsp3) is 0.462. The van der Waals surface area contributed by atoms with Crippen molar-refractivity contribution in [2.45, 2.75) is 58.8 Å². The lowest BCUT2D eigenvalue weighted by Gasteiger charge is -2.20. The second-order valence-corrected chi connectivity index (χ2v) is 10.4. The minimum atomic E-state index is -0.250. The molecule has 2 fully saturated rings. The summed E-state index contributed by atoms with van der Waals surface area (Å²) in [5.74, 6) is 0.745. The second-order valence-electron chi connectivity index (χ2n) is 10.4. The Morgan fingerprint density at radius 1 is 1.26 bits per heavy atom. The summed E-state index contributed by atoms with van der Waals surface area (Å²) in [6.45, 7) is 7.04. The zero-order valence-corrected chi connectivity index (χ0v) is 20.1. The third-order valence-corrected chi connectivity index (χ3v) is 6.28. The normalized spacial score (nSPS) is 16.4. The fourth-order valence-corrected chi connectivity index (χ4v) is 4.50. The van der Waals surface area contributed by atoms with Gasteiger partial charge in [-0.15, -0.1) is 0 Å². The molecule has 3 aromatic rings. The van der Waals surface area contributed by atoms with Crippen molar-refractivity contribution < 1.29 is 18.8 Å². The van der Waals surface area contributed by atoms with E-state index in [9.17, 15) is 9.59 Å². The van der Waals surface area contributed by atoms with Gasteiger partial charge in [0.25, 0.3) is 11.6 Å². The number of nitrogens with one attached hydrogen (secondary N) is 1. The van der Waals surface area contributed by atoms with Gasteiger partial charge < -0.3 is 19.5 Å². The minimum absolute atomic E-state index is 0.0249. The van der Waals surface area contributed by atoms with Crippen LogP contribution < -0.4 is 15.0 Å². The van der Waals surface area contributed by atoms with Crippen LogP contribution in [0, 0.1) is 5.41 Å². The quantitative estimate of drug-likeness (QED) is 0.549. The van der Waals surface area contributed by atoms with E-state index in [-0.39, 0.29) is 17.2 Å². The summed E-state index contributed by atoms with van der Waals surface area (Å²) in [6.07, 6.45) is 4.17. The molecule has 8 heteroatoms. The predicted molar refractivity (Wildman–Crippen MR) is 129 cm³/mol. The Labute approximate surface area is 198 Å². The number of amides is 2. The molecule has 2 aromatic heterocycles. The zero-order valence-electron chi connectivity index (χ0n) is 20.1. The Morgan fingerprint density at radius 3 is 2.71 bits per heavy atom. The lowest BCUT2D eigenvalue weighted by atomic mass is 9.89. The molecule has 1 saturated carbocycles. The van der Waals surface area contributed by atoms with E-state index in [1.807, 2.05) is 12.1 Å². The number of rotatable bonds is 6. The maximum Gasteiger partial charge on any atom is 0.259 e. The highest BCUT2D eigenvalue weighted by Gasteiger charge is 2.30. The van der Waals surface area contributed by atoms with Crippen molar-refractivity contribution in [3.05, 3.63) is 41.2 Å². The van der Waals surface area contributed by atoms with Gasteiger partial charge in [0.15, 0.2) is 0 Å². The van der Waals surface area contributed by atoms with Crippen LogP contribution in [0.15, 0.2) is 28.8 Å². The van der Waals surface area contributed by atoms with Crippen molar-refractivity contribution in [2.24, 2.45) is 5.41 Å². The SMILES string of the molecule is COc1cc(NC(=O)c2cc(C3CC3)nc3onc(CC(C)(C)C)c23)ccc1N1CCCC1=O. The molecule has 1 aliphatic carbocycles. The molecule has 0 atom stereocenters. The summed E-state index contributed by atoms with van der Waals surface area (Å²) in [7, 11) is 1.56. The maximum absolute atomic E-state index is 13.5. The topological polar surface area (TPSA) is 97.6 Å². The van der Waals surface area contributed by atoms with Gasteiger partial charge in [0, 0.05) is 36.3 Å². The van der Waals surface area contributed by atoms with Crippen LogP contribution in [0.4, 0.5) is 11.4 Å². The largest absolute Gasteiger partial charge is 0.494 e. The molecule has 0 radical (unpaired) electrons. The van der Waals surface area contributed by atoms with E-state index in [0.29, 0.717) is 53.4 Å². The zero-order chi connectivity index (χ0) is 24.0. The Hall–Kier alpha value is -3.42. The number of ether oxygens (including phenoxy) is 1. The first-order valence-corrected chi connectivity index (χ1v) is 11.8. The summed E-state index contributed by atoms with van der Waals surface area (Å²) in [4.78, 5) is 32.1. The summed E-state index contributed by atoms with van der Waals surface area (Å²) < 4.78 is 11.1. The number of carbonyl (C=O) groups is 2. The number of carbonyl (C=O) groups excluding carboxylic acids is 2. The fourth-order valence-electron chi connectivity index (χ4n) is 4.50. The number of methoxy groups -OCH3 is 1. The molecule has 3 heterocycles. The summed E-state index contributed by atoms with van der Waals surface area (Å²) >= 11 is 0. The van der Waals surface area contributed by atoms with Gasteiger partial charge in [-0.1, -0.05) is 25.9 Å². The Morgan fingerprint density at radius 2 is 2.06 bits per heavy atom. The number of anilines is 2. The van der Waals surface area contributed by atoms with E-state index in [2.05, 4.69) is 36.2 Å². The number of hydrogen-bond acceptors (Lipinski definition) is 6. The molecule has 1 saturated heterocycles. The van der Waals surface area contributed by atoms with Crippen molar-refractivity contribution in [3.63, 3.8) is 0 Å². The molecule has 1 aromatic carbocycles. The Balaban J connectivity index is 1.49. The van der Waals surface area contributed by atoms with E-state index in [1.165, 1.54) is 0 Å². The van der Waals surface area contributed by atoms with Crippen LogP contribution >= 0.6 is 0 Å². The molecule has 1 aliphatic heterocycles. The van der Waals surface area contributed by atoms with Gasteiger partial charge in [0.05, 0.1) is 29.4 Å². The standard InChI is InChI=1S/C26H30N4O4/c1-26(2,3)14-19-23-17(13-18(15-7-8-15)28-25(23)34-29-19)24(32)27-16-9-10-20(21(12-16)33-4)30-11-5-6-22(30)31/h9-10,12-13,15H,5-8,11,14H2,1-4H3,(H,27,32). The van der Waals surface area contributed by atoms with Crippen LogP contribution in [0.25, 0.3) is 11.1 Å². The molecule has 5 rings (SSSR count). The first kappa shape index (κ1) is 22.4. The van der Waals surface area contributed by atoms with Gasteiger partial charge >= 0.3 is 0 Å². The molecular formula is C26H30N4O4. The number of hydrogen-bond donors (Lipinski definition) is 1. The molecule has 0 spiro atoms. The van der Waals surface area contributed by atoms with Crippen molar-refractivity contribution in [3.8, 4) is 5.75 Å². The smallest absolute Gasteiger partial charge is 0.259 e. The molecular weight excluding hydrogens is 432 g/mol. The van der Waals surface area contributed by atoms with E-state index in [1.54, 1.807) is 24.1 Å². The highest BCUT2D eigenvalue weighted by atomic mass is 16.5. The molecule has 0 bridgehead atoms. The van der Waals surface area contributed by atoms with Crippen molar-refractivity contribution in [1.29, 1.82) is 0 Å². The van der Waals surface area contributed by atoms with Crippen molar-refractivity contribution >= 4 is 34.3 Å². The number of nitrogens with zero attached hydrogens (tertiary/aromatic N) is 3. The van der Waals surface area contributed by atoms with Gasteiger partial charge in [-0.3, -0.25) is 9.59 Å². The van der Waals surface area contributed by atoms with Crippen LogP contribution in [0.3, 0.4) is 0 Å². The molecule has 34 heavy (non-hydrogen) atoms. The van der Waals surface area contributed by atoms with Crippen LogP contribution in [0.2, 0.25) is 0 Å². The number of pyridine rings is 1. The van der Waals surface area contributed by atoms with Crippen LogP contribution in [0.1, 0.15) is 74.1 Å². The van der Waals surface area contributed by atoms with E-state index in [4.69, 9.17) is 9.26 Å². The van der Waals surface area contributed by atoms with Gasteiger partial charge in [0.2, 0.25) is 5.91 Å². The van der Waals surface area contributed by atoms with E-state index in [0.717, 1.165) is 36.3 Å². The van der Waals surface area contributed by atoms with Gasteiger partial charge in [-0.05, 0) is 49.3 Å². The molecule has 2 aliphatic rings. The van der Waals surface area contributed by atoms with E-state index >= 15 is 0 Å². The lowest BCUT2D eigenvalue weighted by Crippen LogP contribution is -2.24. The minimum Gasteiger partial charge on any atom is -0.494 e. The number of fused-ring (bicyclic) bond motifs is 1.